The zero-order valence-electron chi connectivity index (χ0n) is 21.8. The highest BCUT2D eigenvalue weighted by atomic mass is 19.3. The molecule has 1 aliphatic carbocycles. The fourth-order valence-corrected chi connectivity index (χ4v) is 5.34. The van der Waals surface area contributed by atoms with Gasteiger partial charge in [0, 0.05) is 37.7 Å². The first-order valence-corrected chi connectivity index (χ1v) is 13.0. The van der Waals surface area contributed by atoms with Crippen LogP contribution in [-0.2, 0) is 9.59 Å². The van der Waals surface area contributed by atoms with E-state index < -0.39 is 18.4 Å². The Labute approximate surface area is 224 Å². The van der Waals surface area contributed by atoms with Crippen molar-refractivity contribution >= 4 is 40.9 Å². The van der Waals surface area contributed by atoms with Gasteiger partial charge in [-0.1, -0.05) is 12.8 Å². The van der Waals surface area contributed by atoms with Crippen LogP contribution in [0.3, 0.4) is 0 Å². The Kier molecular flexibility index (Phi) is 7.23. The summed E-state index contributed by atoms with van der Waals surface area (Å²) < 4.78 is 35.1. The summed E-state index contributed by atoms with van der Waals surface area (Å²) >= 11 is 0. The molecule has 3 heterocycles. The van der Waals surface area contributed by atoms with Crippen LogP contribution in [0, 0.1) is 0 Å². The maximum atomic E-state index is 14.8. The Bertz CT molecular complexity index is 1280. The number of nitrogens with one attached hydrogen (secondary N) is 3. The van der Waals surface area contributed by atoms with Gasteiger partial charge in [-0.25, -0.2) is 4.98 Å². The second kappa shape index (κ2) is 10.6. The van der Waals surface area contributed by atoms with E-state index in [2.05, 4.69) is 25.9 Å². The quantitative estimate of drug-likeness (QED) is 0.507. The predicted octanol–water partition coefficient (Wildman–Crippen LogP) is 2.60. The summed E-state index contributed by atoms with van der Waals surface area (Å²) in [7, 11) is 2.76. The highest BCUT2D eigenvalue weighted by Crippen LogP contribution is 2.40. The fraction of sp³-hybridized carbons (Fsp3) is 0.500. The first-order valence-electron chi connectivity index (χ1n) is 13.0. The number of nitrogens with zero attached hydrogens (tertiary/aromatic N) is 4. The molecule has 5 rings (SSSR count). The lowest BCUT2D eigenvalue weighted by molar-refractivity contribution is -0.140. The number of carbonyl (C=O) groups is 3. The van der Waals surface area contributed by atoms with Crippen molar-refractivity contribution in [1.82, 2.24) is 20.6 Å². The third-order valence-corrected chi connectivity index (χ3v) is 7.43. The van der Waals surface area contributed by atoms with E-state index in [0.29, 0.717) is 30.0 Å². The van der Waals surface area contributed by atoms with Gasteiger partial charge in [-0.05, 0) is 37.5 Å². The minimum absolute atomic E-state index is 0.102. The van der Waals surface area contributed by atoms with Crippen LogP contribution in [0.1, 0.15) is 48.9 Å². The Morgan fingerprint density at radius 3 is 2.69 bits per heavy atom. The number of alkyl halides is 2. The van der Waals surface area contributed by atoms with Crippen LogP contribution in [0.25, 0.3) is 0 Å². The van der Waals surface area contributed by atoms with Gasteiger partial charge < -0.3 is 30.5 Å². The van der Waals surface area contributed by atoms with Crippen molar-refractivity contribution in [3.05, 3.63) is 30.0 Å². The summed E-state index contributed by atoms with van der Waals surface area (Å²) in [5.74, 6) is -4.55. The van der Waals surface area contributed by atoms with E-state index in [1.807, 2.05) is 0 Å². The molecule has 1 saturated heterocycles. The van der Waals surface area contributed by atoms with Gasteiger partial charge in [0.1, 0.15) is 11.4 Å². The average molecular weight is 544 g/mol. The van der Waals surface area contributed by atoms with Crippen LogP contribution in [0.2, 0.25) is 0 Å². The smallest absolute Gasteiger partial charge is 0.342 e. The van der Waals surface area contributed by atoms with Crippen LogP contribution >= 0.6 is 0 Å². The van der Waals surface area contributed by atoms with Gasteiger partial charge >= 0.3 is 5.92 Å². The van der Waals surface area contributed by atoms with Crippen LogP contribution in [0.15, 0.2) is 24.4 Å². The molecule has 3 aliphatic rings. The molecule has 1 saturated carbocycles. The molecule has 2 aliphatic heterocycles. The summed E-state index contributed by atoms with van der Waals surface area (Å²) in [4.78, 5) is 48.2. The maximum Gasteiger partial charge on any atom is 0.342 e. The molecule has 2 fully saturated rings. The number of ether oxygens (including phenoxy) is 1. The van der Waals surface area contributed by atoms with Gasteiger partial charge in [-0.15, -0.1) is 0 Å². The van der Waals surface area contributed by atoms with E-state index in [4.69, 9.17) is 4.74 Å². The molecule has 13 heteroatoms. The third kappa shape index (κ3) is 5.43. The number of hydrogen-bond donors (Lipinski definition) is 3. The molecule has 1 aromatic carbocycles. The molecule has 208 valence electrons. The molecule has 1 atom stereocenters. The molecule has 11 nitrogen and oxygen atoms in total. The molecule has 39 heavy (non-hydrogen) atoms. The Hall–Kier alpha value is -4.03. The topological polar surface area (TPSA) is 129 Å². The lowest BCUT2D eigenvalue weighted by Gasteiger charge is -2.31. The zero-order valence-corrected chi connectivity index (χ0v) is 21.8. The summed E-state index contributed by atoms with van der Waals surface area (Å²) in [5, 5.41) is 8.66. The Morgan fingerprint density at radius 1 is 1.21 bits per heavy atom. The van der Waals surface area contributed by atoms with Crippen molar-refractivity contribution in [3.8, 4) is 5.75 Å². The summed E-state index contributed by atoms with van der Waals surface area (Å²) in [6.07, 6.45) is 5.56. The highest BCUT2D eigenvalue weighted by Gasteiger charge is 2.48. The molecule has 3 amide bonds. The van der Waals surface area contributed by atoms with Crippen LogP contribution < -0.4 is 30.5 Å². The van der Waals surface area contributed by atoms with Crippen molar-refractivity contribution in [1.29, 1.82) is 0 Å². The number of halogens is 2. The van der Waals surface area contributed by atoms with Crippen molar-refractivity contribution in [2.24, 2.45) is 0 Å². The van der Waals surface area contributed by atoms with Gasteiger partial charge in [0.2, 0.25) is 11.9 Å². The second-order valence-corrected chi connectivity index (χ2v) is 10.1. The van der Waals surface area contributed by atoms with Crippen molar-refractivity contribution < 1.29 is 27.9 Å². The lowest BCUT2D eigenvalue weighted by atomic mass is 10.1. The number of aromatic nitrogens is 2. The molecular weight excluding hydrogens is 512 g/mol. The summed E-state index contributed by atoms with van der Waals surface area (Å²) in [6, 6.07) is 4.39. The predicted molar refractivity (Wildman–Crippen MR) is 140 cm³/mol. The van der Waals surface area contributed by atoms with E-state index in [1.54, 1.807) is 18.2 Å². The summed E-state index contributed by atoms with van der Waals surface area (Å²) in [6.45, 7) is -0.240. The molecule has 1 aromatic heterocycles. The lowest BCUT2D eigenvalue weighted by Crippen LogP contribution is -2.48. The van der Waals surface area contributed by atoms with E-state index in [9.17, 15) is 23.2 Å². The van der Waals surface area contributed by atoms with Crippen molar-refractivity contribution in [2.75, 3.05) is 42.4 Å². The maximum absolute atomic E-state index is 14.8. The van der Waals surface area contributed by atoms with Gasteiger partial charge in [0.25, 0.3) is 11.8 Å². The SMILES string of the molecule is COc1cc(C(=O)NC2CCNC(=O)C2)ccc1Nc1ncc2c(n1)N(C1CCCC1)CC(F)(F)C(=O)N2C. The van der Waals surface area contributed by atoms with E-state index in [-0.39, 0.29) is 47.8 Å². The molecule has 1 unspecified atom stereocenters. The average Bonchev–Trinajstić information content (AvgIpc) is 3.44. The standard InChI is InChI=1S/C26H31F2N7O4/c1-34-19-13-30-25(33-22(19)35(17-5-3-4-6-17)14-26(27,28)24(34)38)32-18-8-7-15(11-20(18)39-2)23(37)31-16-9-10-29-21(36)12-16/h7-8,11,13,16-17H,3-6,9-10,12,14H2,1-2H3,(H,29,36)(H,31,37)(H,30,32,33). The number of piperidine rings is 1. The number of rotatable bonds is 6. The number of benzene rings is 1. The normalized spacial score (nSPS) is 21.2. The van der Waals surface area contributed by atoms with Gasteiger partial charge in [-0.3, -0.25) is 14.4 Å². The number of amides is 3. The van der Waals surface area contributed by atoms with E-state index in [0.717, 1.165) is 30.6 Å². The largest absolute Gasteiger partial charge is 0.495 e. The molecule has 3 N–H and O–H groups in total. The minimum Gasteiger partial charge on any atom is -0.495 e. The monoisotopic (exact) mass is 543 g/mol. The molecule has 0 spiro atoms. The van der Waals surface area contributed by atoms with Crippen LogP contribution in [0.5, 0.6) is 5.75 Å². The fourth-order valence-electron chi connectivity index (χ4n) is 5.34. The zero-order chi connectivity index (χ0) is 27.7. The number of methoxy groups -OCH3 is 1. The highest BCUT2D eigenvalue weighted by molar-refractivity contribution is 6.02. The van der Waals surface area contributed by atoms with Crippen LogP contribution in [0.4, 0.5) is 31.9 Å². The van der Waals surface area contributed by atoms with Crippen molar-refractivity contribution in [2.45, 2.75) is 56.5 Å². The number of anilines is 4. The number of carbonyl (C=O) groups excluding carboxylic acids is 3. The third-order valence-electron chi connectivity index (χ3n) is 7.43. The first kappa shape index (κ1) is 26.6. The second-order valence-electron chi connectivity index (χ2n) is 10.1. The van der Waals surface area contributed by atoms with Gasteiger partial charge in [0.15, 0.2) is 5.82 Å². The minimum atomic E-state index is -3.56. The van der Waals surface area contributed by atoms with E-state index >= 15 is 0 Å². The summed E-state index contributed by atoms with van der Waals surface area (Å²) in [5.41, 5.74) is 1.02. The molecular formula is C26H31F2N7O4. The number of hydrogen-bond acceptors (Lipinski definition) is 8. The van der Waals surface area contributed by atoms with Gasteiger partial charge in [-0.2, -0.15) is 13.8 Å². The Balaban J connectivity index is 1.40. The molecule has 0 radical (unpaired) electrons. The molecule has 0 bridgehead atoms. The van der Waals surface area contributed by atoms with Gasteiger partial charge in [0.05, 0.1) is 25.5 Å². The molecule has 2 aromatic rings. The Morgan fingerprint density at radius 2 is 1.97 bits per heavy atom. The number of fused-ring (bicyclic) bond motifs is 1. The van der Waals surface area contributed by atoms with E-state index in [1.165, 1.54) is 25.3 Å². The van der Waals surface area contributed by atoms with Crippen molar-refractivity contribution in [3.63, 3.8) is 0 Å². The first-order chi connectivity index (χ1) is 18.7. The van der Waals surface area contributed by atoms with Crippen LogP contribution in [-0.4, -0.2) is 72.9 Å².